The Labute approximate surface area is 168 Å². The van der Waals surface area contributed by atoms with Gasteiger partial charge in [0.05, 0.1) is 13.3 Å². The lowest BCUT2D eigenvalue weighted by Gasteiger charge is -2.36. The molecule has 0 bridgehead atoms. The highest BCUT2D eigenvalue weighted by molar-refractivity contribution is 7.92. The third kappa shape index (κ3) is 6.58. The number of benzene rings is 1. The Morgan fingerprint density at radius 3 is 1.74 bits per heavy atom. The summed E-state index contributed by atoms with van der Waals surface area (Å²) in [7, 11) is -6.19. The standard InChI is InChI=1S/C22H38O3SSi/c1-16(2)14-27(15-17(3)4)21(26(23,24)25)20(22(7,8)18(5)6)19-12-10-9-11-13-19/h9-13,16-18,27H,14-15H2,1-8H3,(H,23,24,25). The maximum absolute atomic E-state index is 12.8. The molecular weight excluding hydrogens is 372 g/mol. The van der Waals surface area contributed by atoms with Gasteiger partial charge in [-0.1, -0.05) is 97.8 Å². The van der Waals surface area contributed by atoms with E-state index in [2.05, 4.69) is 55.4 Å². The van der Waals surface area contributed by atoms with E-state index in [1.807, 2.05) is 30.3 Å². The summed E-state index contributed by atoms with van der Waals surface area (Å²) in [6.45, 7) is 17.0. The number of rotatable bonds is 9. The fraction of sp³-hybridized carbons (Fsp3) is 0.636. The van der Waals surface area contributed by atoms with Gasteiger partial charge in [-0.05, 0) is 34.3 Å². The molecule has 0 aromatic heterocycles. The molecule has 0 radical (unpaired) electrons. The normalized spacial score (nSPS) is 14.4. The topological polar surface area (TPSA) is 54.4 Å². The van der Waals surface area contributed by atoms with E-state index in [1.54, 1.807) is 0 Å². The van der Waals surface area contributed by atoms with Gasteiger partial charge in [0.2, 0.25) is 0 Å². The summed E-state index contributed by atoms with van der Waals surface area (Å²) in [6, 6.07) is 11.5. The quantitative estimate of drug-likeness (QED) is 0.398. The minimum atomic E-state index is -4.28. The zero-order chi connectivity index (χ0) is 21.0. The van der Waals surface area contributed by atoms with Crippen LogP contribution in [-0.2, 0) is 10.1 Å². The van der Waals surface area contributed by atoms with E-state index < -0.39 is 18.9 Å². The van der Waals surface area contributed by atoms with Gasteiger partial charge in [0.25, 0.3) is 10.1 Å². The van der Waals surface area contributed by atoms with Crippen molar-refractivity contribution in [3.05, 3.63) is 40.4 Å². The van der Waals surface area contributed by atoms with E-state index in [0.717, 1.165) is 23.2 Å². The molecular formula is C22H38O3SSi. The number of hydrogen-bond acceptors (Lipinski definition) is 2. The largest absolute Gasteiger partial charge is 0.286 e. The maximum Gasteiger partial charge on any atom is 0.286 e. The first-order chi connectivity index (χ1) is 12.3. The highest BCUT2D eigenvalue weighted by atomic mass is 32.2. The first kappa shape index (κ1) is 24.1. The zero-order valence-corrected chi connectivity index (χ0v) is 20.3. The lowest BCUT2D eigenvalue weighted by atomic mass is 9.73. The van der Waals surface area contributed by atoms with Crippen LogP contribution in [0.5, 0.6) is 0 Å². The third-order valence-corrected chi connectivity index (χ3v) is 12.3. The molecule has 3 nitrogen and oxygen atoms in total. The summed E-state index contributed by atoms with van der Waals surface area (Å²) in [5.74, 6) is 1.03. The Kier molecular flexibility index (Phi) is 8.51. The second-order valence-corrected chi connectivity index (χ2v) is 14.1. The Hall–Kier alpha value is -0.913. The van der Waals surface area contributed by atoms with Crippen LogP contribution >= 0.6 is 0 Å². The van der Waals surface area contributed by atoms with Gasteiger partial charge in [-0.2, -0.15) is 8.42 Å². The van der Waals surface area contributed by atoms with Gasteiger partial charge in [-0.25, -0.2) is 0 Å². The van der Waals surface area contributed by atoms with Crippen molar-refractivity contribution in [2.75, 3.05) is 0 Å². The summed E-state index contributed by atoms with van der Waals surface area (Å²) < 4.78 is 36.3. The van der Waals surface area contributed by atoms with Crippen molar-refractivity contribution < 1.29 is 13.0 Å². The Bertz CT molecular complexity index is 722. The summed E-state index contributed by atoms with van der Waals surface area (Å²) in [5.41, 5.74) is 1.36. The summed E-state index contributed by atoms with van der Waals surface area (Å²) in [5, 5.41) is 0. The smallest absolute Gasteiger partial charge is 0.282 e. The van der Waals surface area contributed by atoms with E-state index in [4.69, 9.17) is 0 Å². The van der Waals surface area contributed by atoms with Crippen LogP contribution in [0.15, 0.2) is 34.9 Å². The van der Waals surface area contributed by atoms with E-state index in [9.17, 15) is 13.0 Å². The van der Waals surface area contributed by atoms with Crippen molar-refractivity contribution in [3.63, 3.8) is 0 Å². The molecule has 0 amide bonds. The Morgan fingerprint density at radius 1 is 0.963 bits per heavy atom. The van der Waals surface area contributed by atoms with Crippen molar-refractivity contribution in [2.24, 2.45) is 23.2 Å². The molecule has 0 saturated heterocycles. The Balaban J connectivity index is 3.93. The molecule has 27 heavy (non-hydrogen) atoms. The van der Waals surface area contributed by atoms with Crippen LogP contribution < -0.4 is 0 Å². The van der Waals surface area contributed by atoms with E-state index in [1.165, 1.54) is 0 Å². The van der Waals surface area contributed by atoms with Gasteiger partial charge in [0, 0.05) is 0 Å². The summed E-state index contributed by atoms with van der Waals surface area (Å²) >= 11 is 0. The predicted molar refractivity (Wildman–Crippen MR) is 120 cm³/mol. The third-order valence-electron chi connectivity index (χ3n) is 5.56. The van der Waals surface area contributed by atoms with E-state index >= 15 is 0 Å². The van der Waals surface area contributed by atoms with Gasteiger partial charge in [0.1, 0.15) is 0 Å². The van der Waals surface area contributed by atoms with Crippen LogP contribution in [0, 0.1) is 23.2 Å². The molecule has 0 aliphatic heterocycles. The number of hydrogen-bond donors (Lipinski definition) is 1. The second kappa shape index (κ2) is 9.53. The summed E-state index contributed by atoms with van der Waals surface area (Å²) in [6.07, 6.45) is 0. The van der Waals surface area contributed by atoms with Crippen LogP contribution in [0.4, 0.5) is 0 Å². The van der Waals surface area contributed by atoms with Gasteiger partial charge in [0.15, 0.2) is 0 Å². The van der Waals surface area contributed by atoms with Gasteiger partial charge in [-0.3, -0.25) is 4.55 Å². The van der Waals surface area contributed by atoms with Gasteiger partial charge < -0.3 is 0 Å². The fourth-order valence-electron chi connectivity index (χ4n) is 3.72. The van der Waals surface area contributed by atoms with Crippen LogP contribution in [0.25, 0.3) is 5.57 Å². The van der Waals surface area contributed by atoms with Crippen LogP contribution in [-0.4, -0.2) is 21.8 Å². The van der Waals surface area contributed by atoms with Crippen molar-refractivity contribution >= 4 is 24.5 Å². The highest BCUT2D eigenvalue weighted by Crippen LogP contribution is 2.45. The molecule has 0 atom stereocenters. The first-order valence-electron chi connectivity index (χ1n) is 10.1. The van der Waals surface area contributed by atoms with Crippen LogP contribution in [0.3, 0.4) is 0 Å². The predicted octanol–water partition coefficient (Wildman–Crippen LogP) is 6.05. The van der Waals surface area contributed by atoms with Crippen LogP contribution in [0.1, 0.15) is 61.0 Å². The van der Waals surface area contributed by atoms with Crippen LogP contribution in [0.2, 0.25) is 12.1 Å². The zero-order valence-electron chi connectivity index (χ0n) is 18.3. The lowest BCUT2D eigenvalue weighted by Crippen LogP contribution is -2.32. The lowest BCUT2D eigenvalue weighted by molar-refractivity contribution is 0.348. The highest BCUT2D eigenvalue weighted by Gasteiger charge is 2.38. The molecule has 5 heteroatoms. The molecule has 0 unspecified atom stereocenters. The molecule has 0 aliphatic carbocycles. The minimum absolute atomic E-state index is 0.234. The SMILES string of the molecule is CC(C)C[SiH](CC(C)C)C(=C(c1ccccc1)C(C)(C)C(C)C)S(=O)(=O)O. The molecule has 0 spiro atoms. The molecule has 1 aromatic rings. The van der Waals surface area contributed by atoms with E-state index in [-0.39, 0.29) is 11.3 Å². The van der Waals surface area contributed by atoms with Gasteiger partial charge in [-0.15, -0.1) is 0 Å². The Morgan fingerprint density at radius 2 is 1.41 bits per heavy atom. The molecule has 1 N–H and O–H groups in total. The van der Waals surface area contributed by atoms with Crippen molar-refractivity contribution in [2.45, 2.75) is 67.5 Å². The van der Waals surface area contributed by atoms with Crippen molar-refractivity contribution in [1.82, 2.24) is 0 Å². The molecule has 0 saturated carbocycles. The van der Waals surface area contributed by atoms with E-state index in [0.29, 0.717) is 16.4 Å². The molecule has 1 rings (SSSR count). The first-order valence-corrected chi connectivity index (χ1v) is 13.7. The molecule has 0 aliphatic rings. The van der Waals surface area contributed by atoms with Crippen molar-refractivity contribution in [3.8, 4) is 0 Å². The molecule has 0 fully saturated rings. The second-order valence-electron chi connectivity index (χ2n) is 9.41. The minimum Gasteiger partial charge on any atom is -0.282 e. The fourth-order valence-corrected chi connectivity index (χ4v) is 10.5. The monoisotopic (exact) mass is 410 g/mol. The van der Waals surface area contributed by atoms with Gasteiger partial charge >= 0.3 is 0 Å². The molecule has 0 heterocycles. The average Bonchev–Trinajstić information content (AvgIpc) is 2.50. The molecule has 1 aromatic carbocycles. The summed E-state index contributed by atoms with van der Waals surface area (Å²) in [4.78, 5) is 0. The van der Waals surface area contributed by atoms with Crippen molar-refractivity contribution in [1.29, 1.82) is 0 Å². The maximum atomic E-state index is 12.8. The number of allylic oxidation sites excluding steroid dienone is 1. The molecule has 154 valence electrons. The average molecular weight is 411 g/mol.